The zero-order valence-electron chi connectivity index (χ0n) is 17.1. The third-order valence-corrected chi connectivity index (χ3v) is 5.35. The molecule has 1 aromatic rings. The van der Waals surface area contributed by atoms with Crippen molar-refractivity contribution in [3.05, 3.63) is 29.8 Å². The number of carbonyl (C=O) groups is 4. The Bertz CT molecular complexity index is 899. The molecule has 0 aliphatic carbocycles. The molecule has 1 aromatic carbocycles. The van der Waals surface area contributed by atoms with Crippen LogP contribution in [0.5, 0.6) is 0 Å². The Labute approximate surface area is 179 Å². The molecule has 0 spiro atoms. The van der Waals surface area contributed by atoms with Crippen LogP contribution in [0.3, 0.4) is 0 Å². The number of nitrogens with one attached hydrogen (secondary N) is 2. The number of hydrazine groups is 1. The molecule has 3 amide bonds. The van der Waals surface area contributed by atoms with E-state index in [1.165, 1.54) is 10.0 Å². The number of thiocarbonyl (C=S) groups is 1. The summed E-state index contributed by atoms with van der Waals surface area (Å²) >= 11 is 5.10. The molecule has 2 saturated heterocycles. The van der Waals surface area contributed by atoms with Crippen molar-refractivity contribution in [2.75, 3.05) is 11.9 Å². The third-order valence-electron chi connectivity index (χ3n) is 5.08. The lowest BCUT2D eigenvalue weighted by Crippen LogP contribution is -2.71. The summed E-state index contributed by atoms with van der Waals surface area (Å²) in [6.45, 7) is 5.61. The third kappa shape index (κ3) is 4.05. The van der Waals surface area contributed by atoms with Crippen molar-refractivity contribution in [1.29, 1.82) is 0 Å². The first-order valence-electron chi connectivity index (χ1n) is 9.72. The van der Waals surface area contributed by atoms with Crippen molar-refractivity contribution in [3.8, 4) is 0 Å². The van der Waals surface area contributed by atoms with E-state index >= 15 is 0 Å². The molecular formula is C20H24N4O5S. The van der Waals surface area contributed by atoms with E-state index in [0.29, 0.717) is 17.9 Å². The standard InChI is InChI=1S/C20H24N4O5S/c1-4-5-10-29-17(27)12-6-8-13(9-7-12)21-16(26)14-11-15(25)23-19(30)22-18(28)20(2,3)24(14)23/h6-9,14H,4-5,10-11H2,1-3H3,(H,21,26)(H,22,28,30)/t14-/m1/s1. The fraction of sp³-hybridized carbons (Fsp3) is 0.450. The molecule has 160 valence electrons. The fourth-order valence-corrected chi connectivity index (χ4v) is 3.65. The summed E-state index contributed by atoms with van der Waals surface area (Å²) in [5.74, 6) is -1.62. The number of amides is 3. The molecule has 2 N–H and O–H groups in total. The minimum absolute atomic E-state index is 0.0365. The highest BCUT2D eigenvalue weighted by molar-refractivity contribution is 7.80. The van der Waals surface area contributed by atoms with E-state index in [-0.39, 0.29) is 23.3 Å². The molecule has 2 heterocycles. The lowest BCUT2D eigenvalue weighted by atomic mass is 10.00. The maximum atomic E-state index is 12.9. The van der Waals surface area contributed by atoms with Crippen molar-refractivity contribution >= 4 is 46.7 Å². The molecule has 0 radical (unpaired) electrons. The van der Waals surface area contributed by atoms with E-state index in [1.807, 2.05) is 6.92 Å². The van der Waals surface area contributed by atoms with Crippen LogP contribution in [-0.4, -0.2) is 57.0 Å². The van der Waals surface area contributed by atoms with E-state index in [0.717, 1.165) is 12.8 Å². The van der Waals surface area contributed by atoms with Crippen LogP contribution in [0.2, 0.25) is 0 Å². The molecular weight excluding hydrogens is 408 g/mol. The molecule has 0 bridgehead atoms. The Balaban J connectivity index is 1.71. The van der Waals surface area contributed by atoms with Crippen molar-refractivity contribution in [2.24, 2.45) is 0 Å². The first kappa shape index (κ1) is 21.8. The first-order chi connectivity index (χ1) is 14.2. The van der Waals surface area contributed by atoms with Crippen LogP contribution in [0.15, 0.2) is 24.3 Å². The van der Waals surface area contributed by atoms with Crippen LogP contribution in [-0.2, 0) is 19.1 Å². The molecule has 10 heteroatoms. The molecule has 2 aliphatic heterocycles. The van der Waals surface area contributed by atoms with Gasteiger partial charge < -0.3 is 10.1 Å². The van der Waals surface area contributed by atoms with Gasteiger partial charge in [-0.3, -0.25) is 19.7 Å². The molecule has 0 aromatic heterocycles. The zero-order chi connectivity index (χ0) is 22.1. The van der Waals surface area contributed by atoms with Crippen molar-refractivity contribution in [1.82, 2.24) is 15.3 Å². The predicted molar refractivity (Wildman–Crippen MR) is 112 cm³/mol. The van der Waals surface area contributed by atoms with Gasteiger partial charge in [0.05, 0.1) is 18.6 Å². The van der Waals surface area contributed by atoms with E-state index in [4.69, 9.17) is 17.0 Å². The number of carbonyl (C=O) groups excluding carboxylic acids is 4. The Morgan fingerprint density at radius 1 is 1.27 bits per heavy atom. The molecule has 2 aliphatic rings. The summed E-state index contributed by atoms with van der Waals surface area (Å²) < 4.78 is 5.16. The number of hydrogen-bond donors (Lipinski definition) is 2. The van der Waals surface area contributed by atoms with E-state index < -0.39 is 23.5 Å². The minimum atomic E-state index is -1.14. The SMILES string of the molecule is CCCCOC(=O)c1ccc(NC(=O)[C@H]2CC(=O)N3C(=S)NC(=O)C(C)(C)N23)cc1. The highest BCUT2D eigenvalue weighted by Crippen LogP contribution is 2.33. The number of ether oxygens (including phenoxy) is 1. The molecule has 3 rings (SSSR count). The van der Waals surface area contributed by atoms with Crippen molar-refractivity contribution < 1.29 is 23.9 Å². The van der Waals surface area contributed by atoms with Gasteiger partial charge in [0.2, 0.25) is 17.7 Å². The van der Waals surface area contributed by atoms with Crippen LogP contribution >= 0.6 is 12.2 Å². The average Bonchev–Trinajstić information content (AvgIpc) is 3.06. The van der Waals surface area contributed by atoms with E-state index in [9.17, 15) is 19.2 Å². The van der Waals surface area contributed by atoms with E-state index in [1.54, 1.807) is 38.1 Å². The van der Waals surface area contributed by atoms with Gasteiger partial charge >= 0.3 is 5.97 Å². The van der Waals surface area contributed by atoms with Gasteiger partial charge in [0, 0.05) is 5.69 Å². The largest absolute Gasteiger partial charge is 0.462 e. The van der Waals surface area contributed by atoms with Crippen LogP contribution < -0.4 is 10.6 Å². The van der Waals surface area contributed by atoms with Crippen LogP contribution in [0, 0.1) is 0 Å². The number of benzene rings is 1. The topological polar surface area (TPSA) is 108 Å². The zero-order valence-corrected chi connectivity index (χ0v) is 17.9. The number of anilines is 1. The van der Waals surface area contributed by atoms with Crippen molar-refractivity contribution in [2.45, 2.75) is 51.6 Å². The Morgan fingerprint density at radius 2 is 1.93 bits per heavy atom. The summed E-state index contributed by atoms with van der Waals surface area (Å²) in [4.78, 5) is 49.7. The summed E-state index contributed by atoms with van der Waals surface area (Å²) in [5.41, 5.74) is -0.300. The molecule has 0 unspecified atom stereocenters. The number of esters is 1. The van der Waals surface area contributed by atoms with Crippen LogP contribution in [0.1, 0.15) is 50.4 Å². The number of hydrogen-bond acceptors (Lipinski definition) is 7. The lowest BCUT2D eigenvalue weighted by Gasteiger charge is -2.45. The maximum Gasteiger partial charge on any atom is 0.338 e. The normalized spacial score (nSPS) is 20.6. The minimum Gasteiger partial charge on any atom is -0.462 e. The van der Waals surface area contributed by atoms with Gasteiger partial charge in [-0.2, -0.15) is 5.01 Å². The number of unbranched alkanes of at least 4 members (excludes halogenated alkanes) is 1. The van der Waals surface area contributed by atoms with E-state index in [2.05, 4.69) is 10.6 Å². The second kappa shape index (κ2) is 8.49. The highest BCUT2D eigenvalue weighted by Gasteiger charge is 2.56. The summed E-state index contributed by atoms with van der Waals surface area (Å²) in [5, 5.41) is 7.80. The Morgan fingerprint density at radius 3 is 2.57 bits per heavy atom. The van der Waals surface area contributed by atoms with Crippen LogP contribution in [0.25, 0.3) is 0 Å². The van der Waals surface area contributed by atoms with Crippen molar-refractivity contribution in [3.63, 3.8) is 0 Å². The van der Waals surface area contributed by atoms with Gasteiger partial charge in [0.25, 0.3) is 0 Å². The second-order valence-corrected chi connectivity index (χ2v) is 8.03. The van der Waals surface area contributed by atoms with Gasteiger partial charge in [-0.1, -0.05) is 13.3 Å². The lowest BCUT2D eigenvalue weighted by molar-refractivity contribution is -0.154. The fourth-order valence-electron chi connectivity index (χ4n) is 3.37. The quantitative estimate of drug-likeness (QED) is 0.399. The van der Waals surface area contributed by atoms with Gasteiger partial charge in [-0.15, -0.1) is 0 Å². The molecule has 1 atom stereocenters. The summed E-state index contributed by atoms with van der Waals surface area (Å²) in [7, 11) is 0. The first-order valence-corrected chi connectivity index (χ1v) is 10.1. The average molecular weight is 433 g/mol. The Hall–Kier alpha value is -2.85. The summed E-state index contributed by atoms with van der Waals surface area (Å²) in [6.07, 6.45) is 1.62. The number of nitrogens with zero attached hydrogens (tertiary/aromatic N) is 2. The smallest absolute Gasteiger partial charge is 0.338 e. The van der Waals surface area contributed by atoms with Crippen LogP contribution in [0.4, 0.5) is 5.69 Å². The summed E-state index contributed by atoms with van der Waals surface area (Å²) in [6, 6.07) is 5.39. The maximum absolute atomic E-state index is 12.9. The number of rotatable bonds is 6. The van der Waals surface area contributed by atoms with Gasteiger partial charge in [0.15, 0.2) is 5.11 Å². The van der Waals surface area contributed by atoms with Gasteiger partial charge in [-0.05, 0) is 56.8 Å². The molecule has 0 saturated carbocycles. The Kier molecular flexibility index (Phi) is 6.18. The van der Waals surface area contributed by atoms with Gasteiger partial charge in [0.1, 0.15) is 11.6 Å². The molecule has 9 nitrogen and oxygen atoms in total. The predicted octanol–water partition coefficient (Wildman–Crippen LogP) is 1.59. The second-order valence-electron chi connectivity index (χ2n) is 7.64. The number of fused-ring (bicyclic) bond motifs is 1. The van der Waals surface area contributed by atoms with Gasteiger partial charge in [-0.25, -0.2) is 9.80 Å². The molecule has 2 fully saturated rings. The molecule has 30 heavy (non-hydrogen) atoms. The highest BCUT2D eigenvalue weighted by atomic mass is 32.1. The monoisotopic (exact) mass is 432 g/mol.